The van der Waals surface area contributed by atoms with Crippen molar-refractivity contribution in [2.24, 2.45) is 0 Å². The smallest absolute Gasteiger partial charge is 0.263 e. The maximum atomic E-state index is 13.4. The van der Waals surface area contributed by atoms with Crippen LogP contribution in [0.15, 0.2) is 76.5 Å². The minimum atomic E-state index is -0.228. The number of aryl methyl sites for hydroxylation is 1. The average Bonchev–Trinajstić information content (AvgIpc) is 3.21. The fraction of sp³-hybridized carbons (Fsp3) is 0.125. The van der Waals surface area contributed by atoms with E-state index >= 15 is 0 Å². The third-order valence-corrected chi connectivity index (χ3v) is 6.99. The van der Waals surface area contributed by atoms with Crippen LogP contribution < -0.4 is 10.9 Å². The van der Waals surface area contributed by atoms with E-state index in [9.17, 15) is 9.59 Å². The second-order valence-electron chi connectivity index (χ2n) is 7.11. The van der Waals surface area contributed by atoms with E-state index in [4.69, 9.17) is 16.6 Å². The Morgan fingerprint density at radius 3 is 2.72 bits per heavy atom. The number of fused-ring (bicyclic) bond motifs is 1. The minimum Gasteiger partial charge on any atom is -0.324 e. The van der Waals surface area contributed by atoms with Gasteiger partial charge in [-0.25, -0.2) is 4.98 Å². The molecule has 8 heteroatoms. The van der Waals surface area contributed by atoms with Gasteiger partial charge >= 0.3 is 0 Å². The van der Waals surface area contributed by atoms with E-state index in [2.05, 4.69) is 11.9 Å². The quantitative estimate of drug-likeness (QED) is 0.199. The van der Waals surface area contributed by atoms with Crippen LogP contribution in [0, 0.1) is 6.92 Å². The summed E-state index contributed by atoms with van der Waals surface area (Å²) in [5.74, 6) is -0.134. The highest BCUT2D eigenvalue weighted by Crippen LogP contribution is 2.32. The number of thioether (sulfide) groups is 1. The zero-order valence-electron chi connectivity index (χ0n) is 17.3. The first-order valence-corrected chi connectivity index (χ1v) is 12.1. The molecular formula is C24H20ClN3O2S2. The van der Waals surface area contributed by atoms with Crippen molar-refractivity contribution in [3.8, 4) is 11.1 Å². The van der Waals surface area contributed by atoms with Crippen LogP contribution in [-0.2, 0) is 11.3 Å². The Morgan fingerprint density at radius 1 is 1.25 bits per heavy atom. The summed E-state index contributed by atoms with van der Waals surface area (Å²) in [6.07, 6.45) is 1.65. The molecule has 0 aliphatic rings. The summed E-state index contributed by atoms with van der Waals surface area (Å²) in [6, 6.07) is 15.1. The van der Waals surface area contributed by atoms with Gasteiger partial charge in [-0.3, -0.25) is 14.2 Å². The highest BCUT2D eigenvalue weighted by atomic mass is 35.5. The fourth-order valence-electron chi connectivity index (χ4n) is 3.23. The summed E-state index contributed by atoms with van der Waals surface area (Å²) in [5.41, 5.74) is 3.41. The standard InChI is InChI=1S/C24H20ClN3O2S2/c1-3-12-28-23(30)21-17(16-10-8-15(2)9-11-16)13-31-22(21)27-24(28)32-14-20(29)26-19-7-5-4-6-18(19)25/h3-11,13H,1,12,14H2,2H3,(H,26,29). The Labute approximate surface area is 198 Å². The molecule has 0 unspecified atom stereocenters. The monoisotopic (exact) mass is 481 g/mol. The van der Waals surface area contributed by atoms with Gasteiger partial charge in [-0.1, -0.05) is 71.4 Å². The number of allylic oxidation sites excluding steroid dienone is 1. The maximum Gasteiger partial charge on any atom is 0.263 e. The van der Waals surface area contributed by atoms with E-state index in [0.29, 0.717) is 32.6 Å². The molecule has 32 heavy (non-hydrogen) atoms. The number of aromatic nitrogens is 2. The van der Waals surface area contributed by atoms with E-state index < -0.39 is 0 Å². The number of halogens is 1. The molecule has 162 valence electrons. The van der Waals surface area contributed by atoms with Crippen molar-refractivity contribution in [1.29, 1.82) is 0 Å². The van der Waals surface area contributed by atoms with Gasteiger partial charge < -0.3 is 5.32 Å². The van der Waals surface area contributed by atoms with Crippen LogP contribution in [0.25, 0.3) is 21.3 Å². The van der Waals surface area contributed by atoms with E-state index in [-0.39, 0.29) is 17.2 Å². The lowest BCUT2D eigenvalue weighted by Crippen LogP contribution is -2.23. The van der Waals surface area contributed by atoms with E-state index in [1.807, 2.05) is 36.6 Å². The maximum absolute atomic E-state index is 13.4. The number of thiophene rings is 1. The normalized spacial score (nSPS) is 10.9. The van der Waals surface area contributed by atoms with Crippen molar-refractivity contribution < 1.29 is 4.79 Å². The lowest BCUT2D eigenvalue weighted by molar-refractivity contribution is -0.113. The van der Waals surface area contributed by atoms with Crippen molar-refractivity contribution >= 4 is 56.5 Å². The number of carbonyl (C=O) groups excluding carboxylic acids is 1. The Kier molecular flexibility index (Phi) is 6.79. The first-order valence-electron chi connectivity index (χ1n) is 9.85. The predicted octanol–water partition coefficient (Wildman–Crippen LogP) is 6.00. The molecule has 2 heterocycles. The third kappa shape index (κ3) is 4.65. The third-order valence-electron chi connectivity index (χ3n) is 4.81. The highest BCUT2D eigenvalue weighted by molar-refractivity contribution is 7.99. The number of carbonyl (C=O) groups is 1. The van der Waals surface area contributed by atoms with Crippen LogP contribution in [0.4, 0.5) is 5.69 Å². The predicted molar refractivity (Wildman–Crippen MR) is 135 cm³/mol. The Hall–Kier alpha value is -2.87. The molecule has 0 bridgehead atoms. The second-order valence-corrected chi connectivity index (χ2v) is 9.32. The van der Waals surface area contributed by atoms with Crippen molar-refractivity contribution in [2.75, 3.05) is 11.1 Å². The Morgan fingerprint density at radius 2 is 2.00 bits per heavy atom. The van der Waals surface area contributed by atoms with Gasteiger partial charge in [-0.15, -0.1) is 17.9 Å². The molecule has 4 aromatic rings. The summed E-state index contributed by atoms with van der Waals surface area (Å²) in [6.45, 7) is 6.10. The number of nitrogens with one attached hydrogen (secondary N) is 1. The summed E-state index contributed by atoms with van der Waals surface area (Å²) in [7, 11) is 0. The molecule has 0 aliphatic carbocycles. The number of amides is 1. The van der Waals surface area contributed by atoms with Crippen molar-refractivity contribution in [1.82, 2.24) is 9.55 Å². The molecule has 0 radical (unpaired) electrons. The molecular weight excluding hydrogens is 462 g/mol. The van der Waals surface area contributed by atoms with Gasteiger partial charge in [0.05, 0.1) is 21.8 Å². The van der Waals surface area contributed by atoms with Gasteiger partial charge in [0.1, 0.15) is 4.83 Å². The molecule has 0 aliphatic heterocycles. The van der Waals surface area contributed by atoms with Crippen molar-refractivity contribution in [2.45, 2.75) is 18.6 Å². The van der Waals surface area contributed by atoms with Gasteiger partial charge in [0, 0.05) is 17.5 Å². The summed E-state index contributed by atoms with van der Waals surface area (Å²) < 4.78 is 1.56. The van der Waals surface area contributed by atoms with Gasteiger partial charge in [-0.2, -0.15) is 0 Å². The SMILES string of the molecule is C=CCn1c(SCC(=O)Nc2ccccc2Cl)nc2scc(-c3ccc(C)cc3)c2c1=O. The van der Waals surface area contributed by atoms with E-state index in [0.717, 1.165) is 16.7 Å². The lowest BCUT2D eigenvalue weighted by Gasteiger charge is -2.11. The van der Waals surface area contributed by atoms with Gasteiger partial charge in [0.25, 0.3) is 5.56 Å². The van der Waals surface area contributed by atoms with Crippen LogP contribution >= 0.6 is 34.7 Å². The molecule has 0 atom stereocenters. The lowest BCUT2D eigenvalue weighted by atomic mass is 10.1. The molecule has 0 spiro atoms. The highest BCUT2D eigenvalue weighted by Gasteiger charge is 2.18. The van der Waals surface area contributed by atoms with Gasteiger partial charge in [0.15, 0.2) is 5.16 Å². The number of anilines is 1. The number of rotatable bonds is 7. The van der Waals surface area contributed by atoms with Crippen LogP contribution in [-0.4, -0.2) is 21.2 Å². The molecule has 1 N–H and O–H groups in total. The zero-order valence-corrected chi connectivity index (χ0v) is 19.7. The van der Waals surface area contributed by atoms with Gasteiger partial charge in [0.2, 0.25) is 5.91 Å². The Balaban J connectivity index is 1.64. The molecule has 5 nitrogen and oxygen atoms in total. The topological polar surface area (TPSA) is 64.0 Å². The van der Waals surface area contributed by atoms with Crippen LogP contribution in [0.3, 0.4) is 0 Å². The van der Waals surface area contributed by atoms with Crippen molar-refractivity contribution in [3.63, 3.8) is 0 Å². The number of nitrogens with zero attached hydrogens (tertiary/aromatic N) is 2. The van der Waals surface area contributed by atoms with Crippen LogP contribution in [0.5, 0.6) is 0 Å². The molecule has 2 aromatic carbocycles. The Bertz CT molecular complexity index is 1360. The largest absolute Gasteiger partial charge is 0.324 e. The molecule has 0 saturated carbocycles. The fourth-order valence-corrected chi connectivity index (χ4v) is 5.21. The average molecular weight is 482 g/mol. The molecule has 0 fully saturated rings. The molecule has 4 rings (SSSR count). The van der Waals surface area contributed by atoms with Crippen molar-refractivity contribution in [3.05, 3.63) is 87.5 Å². The van der Waals surface area contributed by atoms with E-state index in [1.165, 1.54) is 23.1 Å². The van der Waals surface area contributed by atoms with Crippen LogP contribution in [0.1, 0.15) is 5.56 Å². The summed E-state index contributed by atoms with van der Waals surface area (Å²) in [4.78, 5) is 31.2. The number of hydrogen-bond donors (Lipinski definition) is 1. The second kappa shape index (κ2) is 9.73. The first kappa shape index (κ1) is 22.3. The van der Waals surface area contributed by atoms with E-state index in [1.54, 1.807) is 34.9 Å². The molecule has 2 aromatic heterocycles. The minimum absolute atomic E-state index is 0.0938. The van der Waals surface area contributed by atoms with Crippen LogP contribution in [0.2, 0.25) is 5.02 Å². The molecule has 0 saturated heterocycles. The van der Waals surface area contributed by atoms with Gasteiger partial charge in [-0.05, 0) is 24.6 Å². The number of para-hydroxylation sites is 1. The molecule has 1 amide bonds. The summed E-state index contributed by atoms with van der Waals surface area (Å²) in [5, 5.41) is 6.29. The number of benzene rings is 2. The summed E-state index contributed by atoms with van der Waals surface area (Å²) >= 11 is 8.75. The number of hydrogen-bond acceptors (Lipinski definition) is 5. The zero-order chi connectivity index (χ0) is 22.7. The first-order chi connectivity index (χ1) is 15.5.